The van der Waals surface area contributed by atoms with E-state index in [4.69, 9.17) is 15.2 Å². The van der Waals surface area contributed by atoms with E-state index < -0.39 is 5.79 Å². The molecule has 0 amide bonds. The van der Waals surface area contributed by atoms with Crippen molar-refractivity contribution in [2.45, 2.75) is 44.3 Å². The van der Waals surface area contributed by atoms with Gasteiger partial charge in [-0.05, 0) is 27.3 Å². The second kappa shape index (κ2) is 5.12. The zero-order chi connectivity index (χ0) is 16.2. The van der Waals surface area contributed by atoms with Crippen LogP contribution in [0.2, 0.25) is 0 Å². The van der Waals surface area contributed by atoms with Crippen LogP contribution in [0.3, 0.4) is 0 Å². The first-order chi connectivity index (χ1) is 11.0. The molecule has 0 aromatic carbocycles. The normalized spacial score (nSPS) is 32.5. The van der Waals surface area contributed by atoms with Gasteiger partial charge in [-0.2, -0.15) is 0 Å². The van der Waals surface area contributed by atoms with E-state index in [1.165, 1.54) is 6.33 Å². The van der Waals surface area contributed by atoms with Crippen molar-refractivity contribution < 1.29 is 9.47 Å². The standard InChI is InChI=1S/C15H22N6O2/c1-15(2)22-11-8(5-17-3)4-9(12(11)23-15)21-7-20-10-13(16)18-6-19-14(10)21/h6-9,11-12,17H,4-5H2,1-3H3,(H2,16,18,19)/t8-,9-,11-,12+/m1/s1. The van der Waals surface area contributed by atoms with Crippen molar-refractivity contribution in [2.24, 2.45) is 5.92 Å². The predicted molar refractivity (Wildman–Crippen MR) is 84.6 cm³/mol. The molecule has 23 heavy (non-hydrogen) atoms. The van der Waals surface area contributed by atoms with Gasteiger partial charge < -0.3 is 25.1 Å². The molecule has 3 N–H and O–H groups in total. The van der Waals surface area contributed by atoms with E-state index in [1.807, 2.05) is 20.9 Å². The number of ether oxygens (including phenoxy) is 2. The summed E-state index contributed by atoms with van der Waals surface area (Å²) in [6, 6.07) is 0.124. The third-order valence-corrected chi connectivity index (χ3v) is 4.76. The molecular weight excluding hydrogens is 296 g/mol. The van der Waals surface area contributed by atoms with Crippen LogP contribution >= 0.6 is 0 Å². The molecule has 4 atom stereocenters. The Morgan fingerprint density at radius 1 is 1.30 bits per heavy atom. The van der Waals surface area contributed by atoms with Crippen LogP contribution in [-0.4, -0.2) is 51.1 Å². The summed E-state index contributed by atoms with van der Waals surface area (Å²) in [7, 11) is 1.96. The quantitative estimate of drug-likeness (QED) is 0.859. The number of hydrogen-bond donors (Lipinski definition) is 2. The minimum Gasteiger partial charge on any atom is -0.382 e. The number of nitrogens with zero attached hydrogens (tertiary/aromatic N) is 4. The molecule has 0 unspecified atom stereocenters. The third kappa shape index (κ3) is 2.29. The van der Waals surface area contributed by atoms with Crippen LogP contribution in [-0.2, 0) is 9.47 Å². The Morgan fingerprint density at radius 2 is 2.09 bits per heavy atom. The number of fused-ring (bicyclic) bond motifs is 2. The van der Waals surface area contributed by atoms with Crippen molar-refractivity contribution in [1.82, 2.24) is 24.8 Å². The van der Waals surface area contributed by atoms with Gasteiger partial charge in [0.15, 0.2) is 17.3 Å². The topological polar surface area (TPSA) is 100 Å². The Morgan fingerprint density at radius 3 is 2.87 bits per heavy atom. The lowest BCUT2D eigenvalue weighted by Gasteiger charge is -2.24. The minimum absolute atomic E-state index is 0.0167. The van der Waals surface area contributed by atoms with Crippen LogP contribution in [0.1, 0.15) is 26.3 Å². The van der Waals surface area contributed by atoms with Crippen molar-refractivity contribution in [3.63, 3.8) is 0 Å². The zero-order valence-corrected chi connectivity index (χ0v) is 13.6. The van der Waals surface area contributed by atoms with Gasteiger partial charge in [-0.3, -0.25) is 0 Å². The summed E-state index contributed by atoms with van der Waals surface area (Å²) in [5.41, 5.74) is 7.29. The average molecular weight is 318 g/mol. The highest BCUT2D eigenvalue weighted by Crippen LogP contribution is 2.47. The van der Waals surface area contributed by atoms with Gasteiger partial charge >= 0.3 is 0 Å². The van der Waals surface area contributed by atoms with E-state index in [0.717, 1.165) is 18.6 Å². The van der Waals surface area contributed by atoms with Gasteiger partial charge in [-0.25, -0.2) is 15.0 Å². The molecule has 3 heterocycles. The van der Waals surface area contributed by atoms with Crippen LogP contribution in [0, 0.1) is 5.92 Å². The number of rotatable bonds is 3. The maximum atomic E-state index is 6.19. The second-order valence-corrected chi connectivity index (χ2v) is 6.77. The zero-order valence-electron chi connectivity index (χ0n) is 13.6. The SMILES string of the molecule is CNC[C@H]1C[C@@H](n2cnc3c(N)ncnc32)[C@@H]2OC(C)(C)O[C@H]12. The molecule has 124 valence electrons. The second-order valence-electron chi connectivity index (χ2n) is 6.77. The molecule has 1 aliphatic carbocycles. The Labute approximate surface area is 134 Å². The smallest absolute Gasteiger partial charge is 0.165 e. The number of anilines is 1. The maximum absolute atomic E-state index is 6.19. The third-order valence-electron chi connectivity index (χ3n) is 4.76. The molecule has 1 saturated carbocycles. The number of nitrogens with two attached hydrogens (primary N) is 1. The fourth-order valence-electron chi connectivity index (χ4n) is 3.90. The van der Waals surface area contributed by atoms with Gasteiger partial charge in [0.1, 0.15) is 17.9 Å². The van der Waals surface area contributed by atoms with Gasteiger partial charge in [-0.15, -0.1) is 0 Å². The molecule has 2 aliphatic rings. The Bertz CT molecular complexity index is 730. The Hall–Kier alpha value is -1.77. The Kier molecular flexibility index (Phi) is 3.29. The number of aromatic nitrogens is 4. The van der Waals surface area contributed by atoms with Crippen LogP contribution in [0.15, 0.2) is 12.7 Å². The minimum atomic E-state index is -0.565. The van der Waals surface area contributed by atoms with E-state index in [9.17, 15) is 0 Å². The molecule has 1 aliphatic heterocycles. The monoisotopic (exact) mass is 318 g/mol. The fraction of sp³-hybridized carbons (Fsp3) is 0.667. The van der Waals surface area contributed by atoms with E-state index in [0.29, 0.717) is 17.3 Å². The number of imidazole rings is 1. The molecule has 8 nitrogen and oxygen atoms in total. The molecular formula is C15H22N6O2. The maximum Gasteiger partial charge on any atom is 0.165 e. The number of nitrogens with one attached hydrogen (secondary N) is 1. The van der Waals surface area contributed by atoms with Crippen LogP contribution in [0.5, 0.6) is 0 Å². The summed E-state index contributed by atoms with van der Waals surface area (Å²) >= 11 is 0. The van der Waals surface area contributed by atoms with Crippen molar-refractivity contribution in [1.29, 1.82) is 0 Å². The van der Waals surface area contributed by atoms with E-state index in [-0.39, 0.29) is 18.2 Å². The van der Waals surface area contributed by atoms with Gasteiger partial charge in [0.05, 0.1) is 18.5 Å². The molecule has 8 heteroatoms. The summed E-state index contributed by atoms with van der Waals surface area (Å²) in [4.78, 5) is 12.8. The molecule has 0 spiro atoms. The fourth-order valence-corrected chi connectivity index (χ4v) is 3.90. The van der Waals surface area contributed by atoms with E-state index in [1.54, 1.807) is 6.33 Å². The molecule has 0 radical (unpaired) electrons. The van der Waals surface area contributed by atoms with Gasteiger partial charge in [-0.1, -0.05) is 0 Å². The molecule has 2 aromatic heterocycles. The van der Waals surface area contributed by atoms with Crippen LogP contribution in [0.4, 0.5) is 5.82 Å². The summed E-state index contributed by atoms with van der Waals surface area (Å²) in [6.07, 6.45) is 4.26. The van der Waals surface area contributed by atoms with Crippen molar-refractivity contribution >= 4 is 17.0 Å². The lowest BCUT2D eigenvalue weighted by Crippen LogP contribution is -2.31. The van der Waals surface area contributed by atoms with Crippen LogP contribution < -0.4 is 11.1 Å². The average Bonchev–Trinajstić information content (AvgIpc) is 3.13. The predicted octanol–water partition coefficient (Wildman–Crippen LogP) is 0.709. The lowest BCUT2D eigenvalue weighted by atomic mass is 10.1. The van der Waals surface area contributed by atoms with E-state index >= 15 is 0 Å². The molecule has 1 saturated heterocycles. The highest BCUT2D eigenvalue weighted by molar-refractivity contribution is 5.81. The largest absolute Gasteiger partial charge is 0.382 e. The molecule has 2 fully saturated rings. The molecule has 2 aromatic rings. The van der Waals surface area contributed by atoms with Gasteiger partial charge in [0.2, 0.25) is 0 Å². The first kappa shape index (κ1) is 14.8. The van der Waals surface area contributed by atoms with Gasteiger partial charge in [0.25, 0.3) is 0 Å². The van der Waals surface area contributed by atoms with Crippen LogP contribution in [0.25, 0.3) is 11.2 Å². The highest BCUT2D eigenvalue weighted by Gasteiger charge is 2.54. The Balaban J connectivity index is 1.74. The number of nitrogen functional groups attached to an aromatic ring is 1. The van der Waals surface area contributed by atoms with Crippen molar-refractivity contribution in [3.05, 3.63) is 12.7 Å². The van der Waals surface area contributed by atoms with Crippen molar-refractivity contribution in [3.8, 4) is 0 Å². The molecule has 0 bridgehead atoms. The lowest BCUT2D eigenvalue weighted by molar-refractivity contribution is -0.160. The first-order valence-electron chi connectivity index (χ1n) is 7.93. The highest BCUT2D eigenvalue weighted by atomic mass is 16.8. The summed E-state index contributed by atoms with van der Waals surface area (Å²) < 4.78 is 14.4. The van der Waals surface area contributed by atoms with Gasteiger partial charge in [0, 0.05) is 12.5 Å². The van der Waals surface area contributed by atoms with E-state index in [2.05, 4.69) is 24.8 Å². The molecule has 4 rings (SSSR count). The summed E-state index contributed by atoms with van der Waals surface area (Å²) in [5.74, 6) is 0.220. The number of hydrogen-bond acceptors (Lipinski definition) is 7. The first-order valence-corrected chi connectivity index (χ1v) is 7.93. The van der Waals surface area contributed by atoms with Crippen molar-refractivity contribution in [2.75, 3.05) is 19.3 Å². The summed E-state index contributed by atoms with van der Waals surface area (Å²) in [6.45, 7) is 4.82. The summed E-state index contributed by atoms with van der Waals surface area (Å²) in [5, 5.41) is 3.26.